The summed E-state index contributed by atoms with van der Waals surface area (Å²) in [5.41, 5.74) is 1.13. The Hall–Kier alpha value is -3.81. The minimum Gasteiger partial charge on any atom is -0.490 e. The monoisotopic (exact) mass is 410 g/mol. The lowest BCUT2D eigenvalue weighted by atomic mass is 10.2. The molecule has 0 atom stereocenters. The number of fused-ring (bicyclic) bond motifs is 1. The van der Waals surface area contributed by atoms with E-state index in [9.17, 15) is 14.4 Å². The highest BCUT2D eigenvalue weighted by Crippen LogP contribution is 2.32. The maximum atomic E-state index is 12.3. The minimum absolute atomic E-state index is 0.0583. The predicted molar refractivity (Wildman–Crippen MR) is 110 cm³/mol. The van der Waals surface area contributed by atoms with Crippen LogP contribution in [0.1, 0.15) is 18.9 Å². The summed E-state index contributed by atoms with van der Waals surface area (Å²) in [5, 5.41) is 5.07. The van der Waals surface area contributed by atoms with Crippen molar-refractivity contribution < 1.29 is 28.6 Å². The number of rotatable bonds is 6. The van der Waals surface area contributed by atoms with Gasteiger partial charge in [0.1, 0.15) is 5.70 Å². The fraction of sp³-hybridized carbons (Fsp3) is 0.227. The summed E-state index contributed by atoms with van der Waals surface area (Å²) in [6.07, 6.45) is 2.25. The molecule has 2 aromatic rings. The standard InChI is InChI=1S/C22H22N2O6/c1-15(25)23-18(12-16-6-3-2-4-7-16)22(27)30-14-21(26)24-17-8-9-19-20(13-17)29-11-5-10-28-19/h2-4,6-9,12-13H,5,10-11,14H2,1H3,(H,23,25)(H,24,26)/b18-12-. The molecule has 0 unspecified atom stereocenters. The second-order valence-electron chi connectivity index (χ2n) is 6.49. The van der Waals surface area contributed by atoms with Gasteiger partial charge in [0, 0.05) is 25.1 Å². The molecule has 0 aromatic heterocycles. The first-order chi connectivity index (χ1) is 14.5. The van der Waals surface area contributed by atoms with E-state index in [1.54, 1.807) is 42.5 Å². The van der Waals surface area contributed by atoms with E-state index in [0.29, 0.717) is 36.0 Å². The van der Waals surface area contributed by atoms with Crippen LogP contribution in [0.5, 0.6) is 11.5 Å². The molecule has 0 aliphatic carbocycles. The number of ether oxygens (including phenoxy) is 3. The number of benzene rings is 2. The minimum atomic E-state index is -0.817. The van der Waals surface area contributed by atoms with Crippen LogP contribution in [-0.2, 0) is 19.1 Å². The smallest absolute Gasteiger partial charge is 0.355 e. The summed E-state index contributed by atoms with van der Waals surface area (Å²) in [7, 11) is 0. The van der Waals surface area contributed by atoms with Gasteiger partial charge in [0.15, 0.2) is 18.1 Å². The van der Waals surface area contributed by atoms with Crippen LogP contribution in [0.15, 0.2) is 54.2 Å². The zero-order valence-electron chi connectivity index (χ0n) is 16.5. The maximum absolute atomic E-state index is 12.3. The molecule has 0 saturated carbocycles. The number of esters is 1. The molecule has 30 heavy (non-hydrogen) atoms. The van der Waals surface area contributed by atoms with Crippen molar-refractivity contribution in [2.24, 2.45) is 0 Å². The topological polar surface area (TPSA) is 103 Å². The van der Waals surface area contributed by atoms with Gasteiger partial charge < -0.3 is 24.8 Å². The Kier molecular flexibility index (Phi) is 7.05. The highest BCUT2D eigenvalue weighted by atomic mass is 16.5. The van der Waals surface area contributed by atoms with Crippen molar-refractivity contribution in [3.63, 3.8) is 0 Å². The van der Waals surface area contributed by atoms with Crippen LogP contribution >= 0.6 is 0 Å². The van der Waals surface area contributed by atoms with Crippen LogP contribution in [-0.4, -0.2) is 37.6 Å². The van der Waals surface area contributed by atoms with Crippen LogP contribution < -0.4 is 20.1 Å². The number of carbonyl (C=O) groups is 3. The molecule has 0 fully saturated rings. The Bertz CT molecular complexity index is 955. The van der Waals surface area contributed by atoms with Crippen LogP contribution in [0, 0.1) is 0 Å². The van der Waals surface area contributed by atoms with Gasteiger partial charge in [-0.05, 0) is 23.8 Å². The largest absolute Gasteiger partial charge is 0.490 e. The number of amides is 2. The second kappa shape index (κ2) is 10.1. The van der Waals surface area contributed by atoms with Crippen LogP contribution in [0.25, 0.3) is 6.08 Å². The lowest BCUT2D eigenvalue weighted by Crippen LogP contribution is -2.28. The van der Waals surface area contributed by atoms with Gasteiger partial charge in [-0.15, -0.1) is 0 Å². The van der Waals surface area contributed by atoms with E-state index in [-0.39, 0.29) is 5.70 Å². The van der Waals surface area contributed by atoms with E-state index in [1.807, 2.05) is 6.07 Å². The average Bonchev–Trinajstić information content (AvgIpc) is 2.97. The summed E-state index contributed by atoms with van der Waals surface area (Å²) in [6.45, 7) is 1.87. The van der Waals surface area contributed by atoms with Crippen LogP contribution in [0.4, 0.5) is 5.69 Å². The van der Waals surface area contributed by atoms with E-state index in [0.717, 1.165) is 6.42 Å². The van der Waals surface area contributed by atoms with Crippen molar-refractivity contribution in [3.05, 3.63) is 59.8 Å². The zero-order chi connectivity index (χ0) is 21.3. The first kappa shape index (κ1) is 20.9. The van der Waals surface area contributed by atoms with Gasteiger partial charge in [-0.25, -0.2) is 4.79 Å². The highest BCUT2D eigenvalue weighted by Gasteiger charge is 2.16. The third-order valence-electron chi connectivity index (χ3n) is 4.01. The van der Waals surface area contributed by atoms with Gasteiger partial charge in [-0.3, -0.25) is 9.59 Å². The highest BCUT2D eigenvalue weighted by molar-refractivity contribution is 5.99. The molecule has 1 aliphatic rings. The molecular weight excluding hydrogens is 388 g/mol. The third kappa shape index (κ3) is 6.10. The molecule has 0 saturated heterocycles. The quantitative estimate of drug-likeness (QED) is 0.560. The summed E-state index contributed by atoms with van der Waals surface area (Å²) >= 11 is 0. The number of hydrogen-bond donors (Lipinski definition) is 2. The van der Waals surface area contributed by atoms with Gasteiger partial charge in [0.2, 0.25) is 5.91 Å². The Labute approximate surface area is 173 Å². The molecule has 2 amide bonds. The van der Waals surface area contributed by atoms with Crippen molar-refractivity contribution in [3.8, 4) is 11.5 Å². The lowest BCUT2D eigenvalue weighted by Gasteiger charge is -2.11. The van der Waals surface area contributed by atoms with Gasteiger partial charge in [0.05, 0.1) is 13.2 Å². The SMILES string of the molecule is CC(=O)N/C(=C\c1ccccc1)C(=O)OCC(=O)Nc1ccc2c(c1)OCCCO2. The van der Waals surface area contributed by atoms with Crippen molar-refractivity contribution in [1.29, 1.82) is 0 Å². The first-order valence-electron chi connectivity index (χ1n) is 9.42. The van der Waals surface area contributed by atoms with Crippen LogP contribution in [0.2, 0.25) is 0 Å². The molecule has 1 aliphatic heterocycles. The van der Waals surface area contributed by atoms with E-state index in [4.69, 9.17) is 14.2 Å². The van der Waals surface area contributed by atoms with Gasteiger partial charge in [-0.1, -0.05) is 30.3 Å². The average molecular weight is 410 g/mol. The van der Waals surface area contributed by atoms with Crippen molar-refractivity contribution >= 4 is 29.5 Å². The van der Waals surface area contributed by atoms with E-state index in [1.165, 1.54) is 13.0 Å². The fourth-order valence-electron chi connectivity index (χ4n) is 2.70. The Morgan fingerprint density at radius 1 is 1.03 bits per heavy atom. The van der Waals surface area contributed by atoms with E-state index in [2.05, 4.69) is 10.6 Å². The summed E-state index contributed by atoms with van der Waals surface area (Å²) in [6, 6.07) is 14.0. The van der Waals surface area contributed by atoms with Crippen molar-refractivity contribution in [2.75, 3.05) is 25.1 Å². The molecule has 156 valence electrons. The Morgan fingerprint density at radius 2 is 1.77 bits per heavy atom. The van der Waals surface area contributed by atoms with Crippen molar-refractivity contribution in [2.45, 2.75) is 13.3 Å². The molecule has 8 nitrogen and oxygen atoms in total. The molecule has 0 bridgehead atoms. The number of hydrogen-bond acceptors (Lipinski definition) is 6. The molecule has 3 rings (SSSR count). The molecule has 0 spiro atoms. The molecule has 1 heterocycles. The maximum Gasteiger partial charge on any atom is 0.355 e. The molecule has 8 heteroatoms. The predicted octanol–water partition coefficient (Wildman–Crippen LogP) is 2.51. The first-order valence-corrected chi connectivity index (χ1v) is 9.42. The molecular formula is C22H22N2O6. The van der Waals surface area contributed by atoms with Gasteiger partial charge >= 0.3 is 5.97 Å². The lowest BCUT2D eigenvalue weighted by molar-refractivity contribution is -0.144. The zero-order valence-corrected chi connectivity index (χ0v) is 16.5. The summed E-state index contributed by atoms with van der Waals surface area (Å²) in [4.78, 5) is 35.9. The Morgan fingerprint density at radius 3 is 2.50 bits per heavy atom. The molecule has 2 aromatic carbocycles. The number of carbonyl (C=O) groups excluding carboxylic acids is 3. The Balaban J connectivity index is 1.60. The fourth-order valence-corrected chi connectivity index (χ4v) is 2.70. The number of nitrogens with one attached hydrogen (secondary N) is 2. The normalized spacial score (nSPS) is 13.0. The molecule has 0 radical (unpaired) electrons. The van der Waals surface area contributed by atoms with E-state index < -0.39 is 24.4 Å². The summed E-state index contributed by atoms with van der Waals surface area (Å²) in [5.74, 6) is -0.614. The van der Waals surface area contributed by atoms with Gasteiger partial charge in [0.25, 0.3) is 5.91 Å². The summed E-state index contributed by atoms with van der Waals surface area (Å²) < 4.78 is 16.2. The second-order valence-corrected chi connectivity index (χ2v) is 6.49. The van der Waals surface area contributed by atoms with Crippen molar-refractivity contribution in [1.82, 2.24) is 5.32 Å². The van der Waals surface area contributed by atoms with E-state index >= 15 is 0 Å². The molecule has 2 N–H and O–H groups in total. The number of anilines is 1. The third-order valence-corrected chi connectivity index (χ3v) is 4.01. The van der Waals surface area contributed by atoms with Crippen LogP contribution in [0.3, 0.4) is 0 Å². The van der Waals surface area contributed by atoms with Gasteiger partial charge in [-0.2, -0.15) is 0 Å².